The van der Waals surface area contributed by atoms with Crippen LogP contribution in [-0.4, -0.2) is 76.5 Å². The molecule has 3 aliphatic heterocycles. The molecule has 4 heterocycles. The van der Waals surface area contributed by atoms with E-state index in [1.54, 1.807) is 33.9 Å². The van der Waals surface area contributed by atoms with Crippen LogP contribution in [0.5, 0.6) is 11.5 Å². The van der Waals surface area contributed by atoms with Crippen molar-refractivity contribution in [1.82, 2.24) is 24.7 Å². The number of likely N-dealkylation sites (tertiary alicyclic amines) is 2. The number of nitrogens with two attached hydrogens (primary N) is 2. The van der Waals surface area contributed by atoms with Crippen LogP contribution < -0.4 is 32.5 Å². The number of nitrogens with zero attached hydrogens (tertiary/aromatic N) is 4. The van der Waals surface area contributed by atoms with Crippen molar-refractivity contribution in [3.05, 3.63) is 40.4 Å². The van der Waals surface area contributed by atoms with Gasteiger partial charge in [0.2, 0.25) is 0 Å². The van der Waals surface area contributed by atoms with Crippen LogP contribution in [0.1, 0.15) is 54.9 Å². The Hall–Kier alpha value is -3.64. The zero-order valence-electron chi connectivity index (χ0n) is 21.6. The average Bonchev–Trinajstić information content (AvgIpc) is 3.14. The Bertz CT molecular complexity index is 1250. The molecule has 204 valence electrons. The van der Waals surface area contributed by atoms with Crippen molar-refractivity contribution >= 4 is 23.4 Å². The fraction of sp³-hybridized carbons (Fsp3) is 0.538. The number of hydrogen-bond donors (Lipinski definition) is 5. The van der Waals surface area contributed by atoms with Crippen molar-refractivity contribution in [3.63, 3.8) is 0 Å². The highest BCUT2D eigenvalue weighted by atomic mass is 16.5. The molecule has 0 aliphatic carbocycles. The smallest absolute Gasteiger partial charge is 0.350 e. The highest BCUT2D eigenvalue weighted by Crippen LogP contribution is 2.41. The number of anilines is 2. The maximum Gasteiger partial charge on any atom is 0.350 e. The Morgan fingerprint density at radius 3 is 2.84 bits per heavy atom. The van der Waals surface area contributed by atoms with Crippen LogP contribution in [0.15, 0.2) is 29.2 Å². The number of amides is 1. The highest BCUT2D eigenvalue weighted by molar-refractivity contribution is 5.96. The molecule has 2 aromatic rings. The number of carbonyl (C=O) groups excluding carboxylic acids is 1. The largest absolute Gasteiger partial charge is 0.450 e. The SMILES string of the molecule is N=C(N)NCCCN1CCCC(n2cc3c(nc2=O)Nc2cc(C(=O)N4CCC[C@H](N)C4)ccc2O3)CC1. The second-order valence-electron chi connectivity index (χ2n) is 10.4. The van der Waals surface area contributed by atoms with Crippen LogP contribution in [0.4, 0.5) is 11.5 Å². The summed E-state index contributed by atoms with van der Waals surface area (Å²) >= 11 is 0. The Labute approximate surface area is 221 Å². The van der Waals surface area contributed by atoms with Crippen molar-refractivity contribution in [3.8, 4) is 11.5 Å². The molecule has 5 rings (SSSR count). The van der Waals surface area contributed by atoms with Gasteiger partial charge >= 0.3 is 5.69 Å². The Morgan fingerprint density at radius 1 is 1.18 bits per heavy atom. The topological polar surface area (TPSA) is 168 Å². The van der Waals surface area contributed by atoms with Gasteiger partial charge in [-0.15, -0.1) is 0 Å². The molecule has 38 heavy (non-hydrogen) atoms. The summed E-state index contributed by atoms with van der Waals surface area (Å²) in [5.41, 5.74) is 12.2. The average molecular weight is 524 g/mol. The first kappa shape index (κ1) is 26.0. The minimum Gasteiger partial charge on any atom is -0.450 e. The van der Waals surface area contributed by atoms with Crippen molar-refractivity contribution in [2.45, 2.75) is 50.6 Å². The molecule has 0 spiro atoms. The van der Waals surface area contributed by atoms with E-state index < -0.39 is 0 Å². The van der Waals surface area contributed by atoms with Gasteiger partial charge < -0.3 is 36.6 Å². The number of rotatable bonds is 6. The lowest BCUT2D eigenvalue weighted by atomic mass is 10.0. The minimum absolute atomic E-state index is 0.00358. The van der Waals surface area contributed by atoms with Crippen LogP contribution in [0.25, 0.3) is 0 Å². The number of nitrogens with one attached hydrogen (secondary N) is 3. The van der Waals surface area contributed by atoms with Crippen LogP contribution in [0.3, 0.4) is 0 Å². The molecule has 1 amide bonds. The number of hydrogen-bond acceptors (Lipinski definition) is 8. The van der Waals surface area contributed by atoms with Crippen molar-refractivity contribution in [2.75, 3.05) is 44.6 Å². The van der Waals surface area contributed by atoms with E-state index in [1.807, 2.05) is 0 Å². The molecule has 7 N–H and O–H groups in total. The molecule has 0 radical (unpaired) electrons. The quantitative estimate of drug-likeness (QED) is 0.183. The lowest BCUT2D eigenvalue weighted by molar-refractivity contribution is 0.0709. The van der Waals surface area contributed by atoms with Crippen LogP contribution in [-0.2, 0) is 0 Å². The summed E-state index contributed by atoms with van der Waals surface area (Å²) in [4.78, 5) is 34.5. The molecule has 1 aromatic carbocycles. The fourth-order valence-corrected chi connectivity index (χ4v) is 5.52. The minimum atomic E-state index is -0.318. The Kier molecular flexibility index (Phi) is 7.79. The number of fused-ring (bicyclic) bond motifs is 2. The lowest BCUT2D eigenvalue weighted by Gasteiger charge is -2.31. The summed E-state index contributed by atoms with van der Waals surface area (Å²) in [5.74, 6) is 1.38. The number of benzene rings is 1. The highest BCUT2D eigenvalue weighted by Gasteiger charge is 2.27. The summed E-state index contributed by atoms with van der Waals surface area (Å²) in [6.45, 7) is 4.71. The van der Waals surface area contributed by atoms with E-state index >= 15 is 0 Å². The van der Waals surface area contributed by atoms with Crippen molar-refractivity contribution < 1.29 is 9.53 Å². The molecule has 12 heteroatoms. The maximum absolute atomic E-state index is 13.0. The fourth-order valence-electron chi connectivity index (χ4n) is 5.52. The van der Waals surface area contributed by atoms with E-state index in [-0.39, 0.29) is 29.6 Å². The lowest BCUT2D eigenvalue weighted by Crippen LogP contribution is -2.45. The second-order valence-corrected chi connectivity index (χ2v) is 10.4. The summed E-state index contributed by atoms with van der Waals surface area (Å²) in [6, 6.07) is 5.35. The van der Waals surface area contributed by atoms with Gasteiger partial charge in [-0.3, -0.25) is 14.8 Å². The van der Waals surface area contributed by atoms with E-state index in [1.165, 1.54) is 0 Å². The summed E-state index contributed by atoms with van der Waals surface area (Å²) < 4.78 is 7.82. The van der Waals surface area contributed by atoms with E-state index in [9.17, 15) is 9.59 Å². The molecule has 2 fully saturated rings. The van der Waals surface area contributed by atoms with Crippen LogP contribution in [0, 0.1) is 5.41 Å². The monoisotopic (exact) mass is 523 g/mol. The first-order valence-electron chi connectivity index (χ1n) is 13.4. The van der Waals surface area contributed by atoms with Gasteiger partial charge in [0.15, 0.2) is 23.3 Å². The first-order chi connectivity index (χ1) is 18.4. The molecular weight excluding hydrogens is 486 g/mol. The van der Waals surface area contributed by atoms with E-state index in [0.29, 0.717) is 48.2 Å². The molecule has 12 nitrogen and oxygen atoms in total. The zero-order chi connectivity index (χ0) is 26.6. The zero-order valence-corrected chi connectivity index (χ0v) is 21.6. The maximum atomic E-state index is 13.0. The van der Waals surface area contributed by atoms with E-state index in [0.717, 1.165) is 58.2 Å². The first-order valence-corrected chi connectivity index (χ1v) is 13.4. The number of guanidine groups is 1. The molecule has 0 bridgehead atoms. The summed E-state index contributed by atoms with van der Waals surface area (Å²) in [7, 11) is 0. The number of ether oxygens (including phenoxy) is 1. The third-order valence-electron chi connectivity index (χ3n) is 7.51. The molecular formula is C26H37N9O3. The van der Waals surface area contributed by atoms with Crippen LogP contribution in [0.2, 0.25) is 0 Å². The predicted octanol–water partition coefficient (Wildman–Crippen LogP) is 1.56. The predicted molar refractivity (Wildman–Crippen MR) is 145 cm³/mol. The number of carbonyl (C=O) groups is 1. The molecule has 2 saturated heterocycles. The van der Waals surface area contributed by atoms with Crippen LogP contribution >= 0.6 is 0 Å². The van der Waals surface area contributed by atoms with Gasteiger partial charge in [-0.2, -0.15) is 4.98 Å². The van der Waals surface area contributed by atoms with Gasteiger partial charge in [0.25, 0.3) is 5.91 Å². The molecule has 1 aromatic heterocycles. The van der Waals surface area contributed by atoms with E-state index in [2.05, 4.69) is 20.5 Å². The Balaban J connectivity index is 1.25. The van der Waals surface area contributed by atoms with Gasteiger partial charge in [-0.25, -0.2) is 4.79 Å². The van der Waals surface area contributed by atoms with Gasteiger partial charge in [0.1, 0.15) is 0 Å². The van der Waals surface area contributed by atoms with Gasteiger partial charge in [-0.05, 0) is 69.8 Å². The number of aromatic nitrogens is 2. The Morgan fingerprint density at radius 2 is 2.03 bits per heavy atom. The van der Waals surface area contributed by atoms with Gasteiger partial charge in [0.05, 0.1) is 11.9 Å². The summed E-state index contributed by atoms with van der Waals surface area (Å²) in [6.07, 6.45) is 7.21. The van der Waals surface area contributed by atoms with Crippen molar-refractivity contribution in [2.24, 2.45) is 11.5 Å². The standard InChI is InChI=1S/C26H37N9O3/c27-18-4-1-12-34(15-18)24(36)17-6-7-21-20(14-17)31-23-22(38-21)16-35(26(37)32-23)19-5-2-10-33(13-8-19)11-3-9-30-25(28)29/h6-7,14,16,18-19H,1-5,8-13,15,27H2,(H4,28,29,30)(H,31,32,37)/t18-,19?/m0/s1. The number of piperidine rings is 1. The second kappa shape index (κ2) is 11.4. The third-order valence-corrected chi connectivity index (χ3v) is 7.51. The molecule has 0 saturated carbocycles. The molecule has 2 atom stereocenters. The van der Waals surface area contributed by atoms with Gasteiger partial charge in [0, 0.05) is 43.8 Å². The third kappa shape index (κ3) is 5.91. The summed E-state index contributed by atoms with van der Waals surface area (Å²) in [5, 5.41) is 13.3. The molecule has 3 aliphatic rings. The normalized spacial score (nSPS) is 21.3. The molecule has 1 unspecified atom stereocenters. The van der Waals surface area contributed by atoms with Crippen molar-refractivity contribution in [1.29, 1.82) is 5.41 Å². The van der Waals surface area contributed by atoms with Gasteiger partial charge in [-0.1, -0.05) is 0 Å². The van der Waals surface area contributed by atoms with E-state index in [4.69, 9.17) is 21.6 Å².